The van der Waals surface area contributed by atoms with Crippen LogP contribution in [0.25, 0.3) is 0 Å². The molecular weight excluding hydrogens is 282 g/mol. The molecule has 0 radical (unpaired) electrons. The van der Waals surface area contributed by atoms with Crippen molar-refractivity contribution in [3.63, 3.8) is 0 Å². The van der Waals surface area contributed by atoms with Crippen LogP contribution in [0.1, 0.15) is 30.6 Å². The minimum absolute atomic E-state index is 0.00155. The highest BCUT2D eigenvalue weighted by atomic mass is 35.5. The number of rotatable bonds is 7. The average Bonchev–Trinajstić information content (AvgIpc) is 2.51. The Labute approximate surface area is 132 Å². The predicted molar refractivity (Wildman–Crippen MR) is 89.2 cm³/mol. The number of aryl methyl sites for hydroxylation is 1. The van der Waals surface area contributed by atoms with Crippen molar-refractivity contribution in [2.24, 2.45) is 0 Å². The van der Waals surface area contributed by atoms with Gasteiger partial charge in [0.1, 0.15) is 11.9 Å². The molecule has 0 amide bonds. The molecule has 0 heterocycles. The SMILES string of the molecule is CCCNCC(Oc1ccc(Cl)c(C)c1)c1ccccc1. The van der Waals surface area contributed by atoms with Crippen molar-refractivity contribution in [1.29, 1.82) is 0 Å². The molecule has 1 N–H and O–H groups in total. The molecule has 0 saturated heterocycles. The summed E-state index contributed by atoms with van der Waals surface area (Å²) in [7, 11) is 0. The molecule has 2 aromatic carbocycles. The van der Waals surface area contributed by atoms with Crippen molar-refractivity contribution in [3.05, 3.63) is 64.7 Å². The molecule has 2 rings (SSSR count). The van der Waals surface area contributed by atoms with Gasteiger partial charge in [-0.3, -0.25) is 0 Å². The molecule has 1 unspecified atom stereocenters. The van der Waals surface area contributed by atoms with Gasteiger partial charge in [-0.1, -0.05) is 48.9 Å². The Hall–Kier alpha value is -1.51. The zero-order valence-corrected chi connectivity index (χ0v) is 13.4. The summed E-state index contributed by atoms with van der Waals surface area (Å²) < 4.78 is 6.16. The van der Waals surface area contributed by atoms with Crippen LogP contribution in [0.15, 0.2) is 48.5 Å². The molecule has 0 aromatic heterocycles. The second-order valence-electron chi connectivity index (χ2n) is 5.13. The van der Waals surface area contributed by atoms with Crippen LogP contribution in [0.5, 0.6) is 5.75 Å². The Bertz CT molecular complexity index is 556. The summed E-state index contributed by atoms with van der Waals surface area (Å²) in [6.45, 7) is 5.93. The smallest absolute Gasteiger partial charge is 0.136 e. The normalized spacial score (nSPS) is 12.1. The van der Waals surface area contributed by atoms with Gasteiger partial charge in [0.25, 0.3) is 0 Å². The van der Waals surface area contributed by atoms with Crippen LogP contribution < -0.4 is 10.1 Å². The van der Waals surface area contributed by atoms with Gasteiger partial charge in [-0.2, -0.15) is 0 Å². The first kappa shape index (κ1) is 15.9. The third kappa shape index (κ3) is 4.76. The zero-order chi connectivity index (χ0) is 15.1. The quantitative estimate of drug-likeness (QED) is 0.744. The first-order valence-electron chi connectivity index (χ1n) is 7.39. The molecule has 0 aliphatic heterocycles. The van der Waals surface area contributed by atoms with E-state index in [0.29, 0.717) is 0 Å². The van der Waals surface area contributed by atoms with E-state index in [4.69, 9.17) is 16.3 Å². The highest BCUT2D eigenvalue weighted by Crippen LogP contribution is 2.25. The van der Waals surface area contributed by atoms with Crippen LogP contribution in [0.4, 0.5) is 0 Å². The first-order valence-corrected chi connectivity index (χ1v) is 7.77. The maximum Gasteiger partial charge on any atom is 0.136 e. The fourth-order valence-corrected chi connectivity index (χ4v) is 2.28. The van der Waals surface area contributed by atoms with Gasteiger partial charge >= 0.3 is 0 Å². The number of halogens is 1. The van der Waals surface area contributed by atoms with Crippen LogP contribution in [-0.2, 0) is 0 Å². The minimum Gasteiger partial charge on any atom is -0.484 e. The molecule has 0 saturated carbocycles. The summed E-state index contributed by atoms with van der Waals surface area (Å²) in [6.07, 6.45) is 1.11. The van der Waals surface area contributed by atoms with E-state index in [2.05, 4.69) is 24.4 Å². The summed E-state index contributed by atoms with van der Waals surface area (Å²) in [4.78, 5) is 0. The minimum atomic E-state index is -0.00155. The zero-order valence-electron chi connectivity index (χ0n) is 12.6. The van der Waals surface area contributed by atoms with Gasteiger partial charge in [0.05, 0.1) is 0 Å². The van der Waals surface area contributed by atoms with E-state index in [0.717, 1.165) is 35.8 Å². The maximum absolute atomic E-state index is 6.16. The molecule has 0 spiro atoms. The second-order valence-corrected chi connectivity index (χ2v) is 5.54. The summed E-state index contributed by atoms with van der Waals surface area (Å²) >= 11 is 6.07. The van der Waals surface area contributed by atoms with Crippen molar-refractivity contribution in [1.82, 2.24) is 5.32 Å². The molecule has 0 fully saturated rings. The Balaban J connectivity index is 2.13. The van der Waals surface area contributed by atoms with Crippen LogP contribution in [0.2, 0.25) is 5.02 Å². The fraction of sp³-hybridized carbons (Fsp3) is 0.333. The number of hydrogen-bond acceptors (Lipinski definition) is 2. The van der Waals surface area contributed by atoms with Crippen molar-refractivity contribution in [3.8, 4) is 5.75 Å². The van der Waals surface area contributed by atoms with Gasteiger partial charge in [-0.15, -0.1) is 0 Å². The largest absolute Gasteiger partial charge is 0.484 e. The second kappa shape index (κ2) is 8.06. The van der Waals surface area contributed by atoms with E-state index >= 15 is 0 Å². The van der Waals surface area contributed by atoms with E-state index in [1.165, 1.54) is 5.56 Å². The van der Waals surface area contributed by atoms with Crippen LogP contribution >= 0.6 is 11.6 Å². The third-order valence-electron chi connectivity index (χ3n) is 3.34. The Kier molecular flexibility index (Phi) is 6.09. The lowest BCUT2D eigenvalue weighted by molar-refractivity contribution is 0.202. The lowest BCUT2D eigenvalue weighted by Crippen LogP contribution is -2.25. The summed E-state index contributed by atoms with van der Waals surface area (Å²) in [5.41, 5.74) is 2.20. The van der Waals surface area contributed by atoms with E-state index < -0.39 is 0 Å². The van der Waals surface area contributed by atoms with E-state index in [9.17, 15) is 0 Å². The van der Waals surface area contributed by atoms with Gasteiger partial charge in [0, 0.05) is 11.6 Å². The molecule has 0 bridgehead atoms. The Morgan fingerprint density at radius 3 is 2.57 bits per heavy atom. The first-order chi connectivity index (χ1) is 10.2. The lowest BCUT2D eigenvalue weighted by Gasteiger charge is -2.20. The van der Waals surface area contributed by atoms with Gasteiger partial charge < -0.3 is 10.1 Å². The number of hydrogen-bond donors (Lipinski definition) is 1. The molecular formula is C18H22ClNO. The number of nitrogens with one attached hydrogen (secondary N) is 1. The molecule has 3 heteroatoms. The lowest BCUT2D eigenvalue weighted by atomic mass is 10.1. The maximum atomic E-state index is 6.16. The van der Waals surface area contributed by atoms with Crippen molar-refractivity contribution >= 4 is 11.6 Å². The highest BCUT2D eigenvalue weighted by molar-refractivity contribution is 6.31. The monoisotopic (exact) mass is 303 g/mol. The Morgan fingerprint density at radius 1 is 1.14 bits per heavy atom. The van der Waals surface area contributed by atoms with Crippen LogP contribution in [0.3, 0.4) is 0 Å². The fourth-order valence-electron chi connectivity index (χ4n) is 2.16. The van der Waals surface area contributed by atoms with Gasteiger partial charge in [0.2, 0.25) is 0 Å². The summed E-state index contributed by atoms with van der Waals surface area (Å²) in [6, 6.07) is 16.1. The van der Waals surface area contributed by atoms with Gasteiger partial charge in [0.15, 0.2) is 0 Å². The highest BCUT2D eigenvalue weighted by Gasteiger charge is 2.13. The van der Waals surface area contributed by atoms with Crippen molar-refractivity contribution in [2.45, 2.75) is 26.4 Å². The molecule has 1 atom stereocenters. The Morgan fingerprint density at radius 2 is 1.90 bits per heavy atom. The van der Waals surface area contributed by atoms with Crippen LogP contribution in [-0.4, -0.2) is 13.1 Å². The third-order valence-corrected chi connectivity index (χ3v) is 3.76. The molecule has 2 nitrogen and oxygen atoms in total. The van der Waals surface area contributed by atoms with Crippen molar-refractivity contribution < 1.29 is 4.74 Å². The predicted octanol–water partition coefficient (Wildman–Crippen LogP) is 4.77. The summed E-state index contributed by atoms with van der Waals surface area (Å²) in [5.74, 6) is 0.851. The number of ether oxygens (including phenoxy) is 1. The average molecular weight is 304 g/mol. The van der Waals surface area contributed by atoms with E-state index in [-0.39, 0.29) is 6.10 Å². The van der Waals surface area contributed by atoms with Gasteiger partial charge in [-0.25, -0.2) is 0 Å². The molecule has 21 heavy (non-hydrogen) atoms. The van der Waals surface area contributed by atoms with Crippen LogP contribution in [0, 0.1) is 6.92 Å². The van der Waals surface area contributed by atoms with E-state index in [1.54, 1.807) is 0 Å². The molecule has 112 valence electrons. The topological polar surface area (TPSA) is 21.3 Å². The molecule has 0 aliphatic rings. The molecule has 0 aliphatic carbocycles. The standard InChI is InChI=1S/C18H22ClNO/c1-3-11-20-13-18(15-7-5-4-6-8-15)21-16-9-10-17(19)14(2)12-16/h4-10,12,18,20H,3,11,13H2,1-2H3. The number of benzene rings is 2. The van der Waals surface area contributed by atoms with Crippen molar-refractivity contribution in [2.75, 3.05) is 13.1 Å². The summed E-state index contributed by atoms with van der Waals surface area (Å²) in [5, 5.41) is 4.20. The van der Waals surface area contributed by atoms with Gasteiger partial charge in [-0.05, 0) is 49.2 Å². The molecule has 2 aromatic rings. The van der Waals surface area contributed by atoms with E-state index in [1.807, 2.05) is 43.3 Å².